The third kappa shape index (κ3) is 3.14. The number of aromatic nitrogens is 2. The molecule has 1 aliphatic heterocycles. The Morgan fingerprint density at radius 3 is 2.79 bits per heavy atom. The Morgan fingerprint density at radius 2 is 2.16 bits per heavy atom. The lowest BCUT2D eigenvalue weighted by Crippen LogP contribution is -2.35. The molecule has 108 valence electrons. The van der Waals surface area contributed by atoms with Gasteiger partial charge in [-0.05, 0) is 25.9 Å². The molecule has 0 aromatic carbocycles. The maximum atomic E-state index is 12.3. The summed E-state index contributed by atoms with van der Waals surface area (Å²) in [5, 5.41) is 15.2. The monoisotopic (exact) mass is 288 g/mol. The van der Waals surface area contributed by atoms with Crippen LogP contribution in [0, 0.1) is 0 Å². The summed E-state index contributed by atoms with van der Waals surface area (Å²) in [5.74, 6) is 0. The molecular formula is C11H20N4O3S. The van der Waals surface area contributed by atoms with Gasteiger partial charge in [0.1, 0.15) is 0 Å². The van der Waals surface area contributed by atoms with Crippen LogP contribution in [0.15, 0.2) is 11.2 Å². The van der Waals surface area contributed by atoms with Crippen LogP contribution in [0.1, 0.15) is 18.4 Å². The zero-order valence-corrected chi connectivity index (χ0v) is 11.9. The molecule has 0 radical (unpaired) electrons. The molecule has 0 saturated carbocycles. The van der Waals surface area contributed by atoms with Crippen molar-refractivity contribution in [1.82, 2.24) is 19.4 Å². The molecule has 1 aromatic heterocycles. The van der Waals surface area contributed by atoms with E-state index in [0.29, 0.717) is 12.1 Å². The fourth-order valence-corrected chi connectivity index (χ4v) is 3.45. The van der Waals surface area contributed by atoms with E-state index in [1.807, 2.05) is 0 Å². The molecular weight excluding hydrogens is 268 g/mol. The highest BCUT2D eigenvalue weighted by molar-refractivity contribution is 7.89. The van der Waals surface area contributed by atoms with E-state index in [9.17, 15) is 8.42 Å². The van der Waals surface area contributed by atoms with Crippen molar-refractivity contribution >= 4 is 10.0 Å². The minimum atomic E-state index is -3.60. The summed E-state index contributed by atoms with van der Waals surface area (Å²) in [4.78, 5) is 2.26. The van der Waals surface area contributed by atoms with Gasteiger partial charge in [0.25, 0.3) is 10.0 Å². The molecule has 7 nitrogen and oxygen atoms in total. The molecule has 0 aliphatic carbocycles. The minimum absolute atomic E-state index is 0.0149. The van der Waals surface area contributed by atoms with E-state index >= 15 is 0 Å². The molecule has 19 heavy (non-hydrogen) atoms. The number of aromatic amines is 1. The Balaban J connectivity index is 2.02. The summed E-state index contributed by atoms with van der Waals surface area (Å²) in [7, 11) is -2.05. The van der Waals surface area contributed by atoms with E-state index in [2.05, 4.69) is 15.1 Å². The second kappa shape index (κ2) is 6.00. The van der Waals surface area contributed by atoms with E-state index in [4.69, 9.17) is 5.11 Å². The van der Waals surface area contributed by atoms with Gasteiger partial charge in [-0.3, -0.25) is 5.10 Å². The van der Waals surface area contributed by atoms with Gasteiger partial charge < -0.3 is 10.0 Å². The average molecular weight is 288 g/mol. The Labute approximate surface area is 113 Å². The second-order valence-corrected chi connectivity index (χ2v) is 6.74. The van der Waals surface area contributed by atoms with Gasteiger partial charge in [-0.25, -0.2) is 8.42 Å². The first-order valence-corrected chi connectivity index (χ1v) is 7.81. The number of hydrogen-bond acceptors (Lipinski definition) is 5. The molecule has 0 unspecified atom stereocenters. The van der Waals surface area contributed by atoms with Crippen LogP contribution in [0.25, 0.3) is 0 Å². The molecule has 8 heteroatoms. The van der Waals surface area contributed by atoms with E-state index in [-0.39, 0.29) is 11.6 Å². The fraction of sp³-hybridized carbons (Fsp3) is 0.727. The molecule has 0 amide bonds. The standard InChI is InChI=1S/C11H20N4O3S/c1-14(6-7-15-4-2-3-5-15)19(17,18)11-10(9-16)8-12-13-11/h8,16H,2-7,9H2,1H3,(H,12,13). The molecule has 1 fully saturated rings. The normalized spacial score (nSPS) is 17.4. The summed E-state index contributed by atoms with van der Waals surface area (Å²) in [6, 6.07) is 0. The van der Waals surface area contributed by atoms with Crippen molar-refractivity contribution in [3.8, 4) is 0 Å². The molecule has 2 N–H and O–H groups in total. The summed E-state index contributed by atoms with van der Waals surface area (Å²) in [6.07, 6.45) is 3.71. The van der Waals surface area contributed by atoms with Crippen molar-refractivity contribution < 1.29 is 13.5 Å². The Morgan fingerprint density at radius 1 is 1.47 bits per heavy atom. The van der Waals surface area contributed by atoms with Gasteiger partial charge in [-0.15, -0.1) is 0 Å². The van der Waals surface area contributed by atoms with E-state index < -0.39 is 10.0 Å². The maximum absolute atomic E-state index is 12.3. The van der Waals surface area contributed by atoms with Gasteiger partial charge in [0.15, 0.2) is 5.03 Å². The van der Waals surface area contributed by atoms with Crippen LogP contribution >= 0.6 is 0 Å². The van der Waals surface area contributed by atoms with E-state index in [1.165, 1.54) is 23.3 Å². The van der Waals surface area contributed by atoms with E-state index in [0.717, 1.165) is 19.6 Å². The number of aliphatic hydroxyl groups excluding tert-OH is 1. The zero-order chi connectivity index (χ0) is 13.9. The number of likely N-dealkylation sites (tertiary alicyclic amines) is 1. The highest BCUT2D eigenvalue weighted by Crippen LogP contribution is 2.16. The van der Waals surface area contributed by atoms with Gasteiger partial charge in [0.2, 0.25) is 0 Å². The number of H-pyrrole nitrogens is 1. The fourth-order valence-electron chi connectivity index (χ4n) is 2.20. The molecule has 2 rings (SSSR count). The Bertz CT molecular complexity index is 508. The lowest BCUT2D eigenvalue weighted by atomic mass is 10.4. The largest absolute Gasteiger partial charge is 0.392 e. The van der Waals surface area contributed by atoms with Crippen LogP contribution in [0.4, 0.5) is 0 Å². The second-order valence-electron chi connectivity index (χ2n) is 4.76. The predicted molar refractivity (Wildman–Crippen MR) is 70.0 cm³/mol. The first-order chi connectivity index (χ1) is 9.05. The Kier molecular flexibility index (Phi) is 4.56. The van der Waals surface area contributed by atoms with Crippen LogP contribution in [0.5, 0.6) is 0 Å². The highest BCUT2D eigenvalue weighted by atomic mass is 32.2. The first kappa shape index (κ1) is 14.4. The quantitative estimate of drug-likeness (QED) is 0.745. The lowest BCUT2D eigenvalue weighted by molar-refractivity contribution is 0.277. The molecule has 2 heterocycles. The van der Waals surface area contributed by atoms with Crippen molar-refractivity contribution in [3.05, 3.63) is 11.8 Å². The van der Waals surface area contributed by atoms with Crippen LogP contribution in [-0.2, 0) is 16.6 Å². The summed E-state index contributed by atoms with van der Waals surface area (Å²) < 4.78 is 25.9. The van der Waals surface area contributed by atoms with Gasteiger partial charge >= 0.3 is 0 Å². The van der Waals surface area contributed by atoms with Crippen LogP contribution in [-0.4, -0.2) is 66.2 Å². The number of hydrogen-bond donors (Lipinski definition) is 2. The van der Waals surface area contributed by atoms with Crippen LogP contribution in [0.3, 0.4) is 0 Å². The molecule has 1 aromatic rings. The molecule has 1 aliphatic rings. The van der Waals surface area contributed by atoms with Crippen molar-refractivity contribution in [2.45, 2.75) is 24.5 Å². The van der Waals surface area contributed by atoms with Gasteiger partial charge in [0.05, 0.1) is 12.8 Å². The molecule has 0 spiro atoms. The zero-order valence-electron chi connectivity index (χ0n) is 11.0. The third-order valence-electron chi connectivity index (χ3n) is 3.45. The maximum Gasteiger partial charge on any atom is 0.260 e. The van der Waals surface area contributed by atoms with E-state index in [1.54, 1.807) is 7.05 Å². The molecule has 0 bridgehead atoms. The average Bonchev–Trinajstić information content (AvgIpc) is 3.06. The highest BCUT2D eigenvalue weighted by Gasteiger charge is 2.26. The van der Waals surface area contributed by atoms with Crippen molar-refractivity contribution in [2.24, 2.45) is 0 Å². The summed E-state index contributed by atoms with van der Waals surface area (Å²) in [6.45, 7) is 2.91. The number of nitrogens with zero attached hydrogens (tertiary/aromatic N) is 3. The topological polar surface area (TPSA) is 89.5 Å². The lowest BCUT2D eigenvalue weighted by Gasteiger charge is -2.20. The number of rotatable bonds is 6. The number of sulfonamides is 1. The smallest absolute Gasteiger partial charge is 0.260 e. The predicted octanol–water partition coefficient (Wildman–Crippen LogP) is -0.382. The first-order valence-electron chi connectivity index (χ1n) is 6.37. The number of nitrogens with one attached hydrogen (secondary N) is 1. The van der Waals surface area contributed by atoms with Crippen molar-refractivity contribution in [2.75, 3.05) is 33.2 Å². The Hall–Kier alpha value is -0.960. The SMILES string of the molecule is CN(CCN1CCCC1)S(=O)(=O)c1[nH]ncc1CO. The van der Waals surface area contributed by atoms with Gasteiger partial charge in [-0.1, -0.05) is 0 Å². The third-order valence-corrected chi connectivity index (χ3v) is 5.32. The van der Waals surface area contributed by atoms with Crippen LogP contribution in [0.2, 0.25) is 0 Å². The van der Waals surface area contributed by atoms with Crippen molar-refractivity contribution in [3.63, 3.8) is 0 Å². The van der Waals surface area contributed by atoms with Gasteiger partial charge in [0, 0.05) is 25.7 Å². The van der Waals surface area contributed by atoms with Crippen LogP contribution < -0.4 is 0 Å². The number of likely N-dealkylation sites (N-methyl/N-ethyl adjacent to an activating group) is 1. The molecule has 1 saturated heterocycles. The molecule has 0 atom stereocenters. The minimum Gasteiger partial charge on any atom is -0.392 e. The number of aliphatic hydroxyl groups is 1. The van der Waals surface area contributed by atoms with Gasteiger partial charge in [-0.2, -0.15) is 9.40 Å². The summed E-state index contributed by atoms with van der Waals surface area (Å²) in [5.41, 5.74) is 0.299. The summed E-state index contributed by atoms with van der Waals surface area (Å²) >= 11 is 0. The van der Waals surface area contributed by atoms with Crippen molar-refractivity contribution in [1.29, 1.82) is 0 Å².